The number of likely N-dealkylation sites (N-methyl/N-ethyl adjacent to an activating group) is 1. The number of rotatable bonds is 4. The number of anilines is 5. The van der Waals surface area contributed by atoms with Gasteiger partial charge in [0.15, 0.2) is 11.6 Å². The van der Waals surface area contributed by atoms with Crippen molar-refractivity contribution in [3.8, 4) is 11.4 Å². The third kappa shape index (κ3) is 3.89. The highest BCUT2D eigenvalue weighted by molar-refractivity contribution is 5.91. The highest BCUT2D eigenvalue weighted by Gasteiger charge is 2.78. The van der Waals surface area contributed by atoms with Crippen LogP contribution in [0.15, 0.2) is 140 Å². The topological polar surface area (TPSA) is 35.5 Å². The van der Waals surface area contributed by atoms with Crippen molar-refractivity contribution >= 4 is 34.1 Å². The maximum absolute atomic E-state index is 5.48. The number of aryl methyl sites for hydroxylation is 1. The first-order chi connectivity index (χ1) is 27.0. The fraction of sp³-hybridized carbons (Fsp3) is 0.280. The number of para-hydroxylation sites is 3. The summed E-state index contributed by atoms with van der Waals surface area (Å²) >= 11 is 0. The molecule has 1 spiro atoms. The van der Waals surface area contributed by atoms with Crippen LogP contribution >= 0.6 is 0 Å². The molecule has 272 valence electrons. The zero-order valence-corrected chi connectivity index (χ0v) is 32.2. The van der Waals surface area contributed by atoms with Gasteiger partial charge in [0.2, 0.25) is 0 Å². The Labute approximate surface area is 325 Å². The van der Waals surface area contributed by atoms with E-state index in [1.54, 1.807) is 0 Å². The number of aromatic nitrogens is 2. The SMILES string of the molecule is CCC12CCC3(c4ccccc4N4c5nc(-c6ccccc6C)ncc5N(C)C43)C1(CC)c1ccccc1N1c3ccccc3CC=C(c3ccccc3)C12. The average Bonchev–Trinajstić information content (AvgIpc) is 3.77. The number of fused-ring (bicyclic) bond motifs is 16. The summed E-state index contributed by atoms with van der Waals surface area (Å²) in [7, 11) is 2.31. The quantitative estimate of drug-likeness (QED) is 0.181. The molecule has 11 rings (SSSR count). The minimum Gasteiger partial charge on any atom is -0.349 e. The Kier molecular flexibility index (Phi) is 6.94. The third-order valence-corrected chi connectivity index (χ3v) is 14.8. The van der Waals surface area contributed by atoms with Gasteiger partial charge in [0.25, 0.3) is 0 Å². The Balaban J connectivity index is 1.22. The highest BCUT2D eigenvalue weighted by atomic mass is 15.5. The molecule has 0 radical (unpaired) electrons. The van der Waals surface area contributed by atoms with Gasteiger partial charge >= 0.3 is 0 Å². The number of hydrogen-bond donors (Lipinski definition) is 0. The second kappa shape index (κ2) is 11.7. The first-order valence-electron chi connectivity index (χ1n) is 20.3. The second-order valence-corrected chi connectivity index (χ2v) is 16.5. The van der Waals surface area contributed by atoms with Crippen LogP contribution in [0, 0.1) is 12.3 Å². The molecular formula is C50H47N5. The van der Waals surface area contributed by atoms with E-state index in [0.717, 1.165) is 55.0 Å². The van der Waals surface area contributed by atoms with Gasteiger partial charge in [0.05, 0.1) is 12.2 Å². The summed E-state index contributed by atoms with van der Waals surface area (Å²) in [5, 5.41) is 0. The Morgan fingerprint density at radius 3 is 2.11 bits per heavy atom. The molecule has 5 aliphatic rings. The van der Waals surface area contributed by atoms with Crippen molar-refractivity contribution in [2.24, 2.45) is 5.41 Å². The number of hydrogen-bond acceptors (Lipinski definition) is 5. The normalized spacial score (nSPS) is 26.7. The first kappa shape index (κ1) is 32.7. The van der Waals surface area contributed by atoms with E-state index in [1.165, 1.54) is 50.5 Å². The van der Waals surface area contributed by atoms with Gasteiger partial charge in [-0.15, -0.1) is 0 Å². The van der Waals surface area contributed by atoms with Crippen LogP contribution < -0.4 is 14.7 Å². The molecule has 4 aliphatic heterocycles. The van der Waals surface area contributed by atoms with Crippen LogP contribution in [-0.2, 0) is 17.3 Å². The van der Waals surface area contributed by atoms with Crippen molar-refractivity contribution in [2.45, 2.75) is 75.9 Å². The first-order valence-corrected chi connectivity index (χ1v) is 20.3. The van der Waals surface area contributed by atoms with Gasteiger partial charge in [-0.25, -0.2) is 9.97 Å². The van der Waals surface area contributed by atoms with Gasteiger partial charge in [-0.3, -0.25) is 0 Å². The molecule has 1 aromatic heterocycles. The van der Waals surface area contributed by atoms with Crippen molar-refractivity contribution in [1.29, 1.82) is 0 Å². The molecule has 0 saturated heterocycles. The molecule has 0 bridgehead atoms. The minimum atomic E-state index is -0.248. The van der Waals surface area contributed by atoms with Crippen LogP contribution in [0.2, 0.25) is 0 Å². The zero-order valence-electron chi connectivity index (χ0n) is 32.2. The van der Waals surface area contributed by atoms with Crippen LogP contribution in [-0.4, -0.2) is 29.2 Å². The Morgan fingerprint density at radius 2 is 1.35 bits per heavy atom. The van der Waals surface area contributed by atoms with Crippen LogP contribution in [0.5, 0.6) is 0 Å². The van der Waals surface area contributed by atoms with Gasteiger partial charge < -0.3 is 14.7 Å². The number of nitrogens with zero attached hydrogens (tertiary/aromatic N) is 5. The maximum Gasteiger partial charge on any atom is 0.162 e. The van der Waals surface area contributed by atoms with E-state index in [0.29, 0.717) is 0 Å². The summed E-state index contributed by atoms with van der Waals surface area (Å²) in [4.78, 5) is 18.5. The van der Waals surface area contributed by atoms with E-state index in [9.17, 15) is 0 Å². The van der Waals surface area contributed by atoms with Gasteiger partial charge in [-0.05, 0) is 90.6 Å². The summed E-state index contributed by atoms with van der Waals surface area (Å²) in [5.74, 6) is 1.81. The summed E-state index contributed by atoms with van der Waals surface area (Å²) in [5.41, 5.74) is 13.9. The molecular weight excluding hydrogens is 671 g/mol. The molecule has 5 unspecified atom stereocenters. The van der Waals surface area contributed by atoms with Crippen molar-refractivity contribution < 1.29 is 0 Å². The van der Waals surface area contributed by atoms with E-state index in [-0.39, 0.29) is 28.5 Å². The molecule has 1 aliphatic carbocycles. The largest absolute Gasteiger partial charge is 0.349 e. The van der Waals surface area contributed by atoms with E-state index in [1.807, 2.05) is 0 Å². The van der Waals surface area contributed by atoms with Crippen LogP contribution in [0.4, 0.5) is 28.6 Å². The van der Waals surface area contributed by atoms with E-state index < -0.39 is 0 Å². The highest BCUT2D eigenvalue weighted by Crippen LogP contribution is 2.78. The molecule has 5 heterocycles. The molecule has 5 aromatic carbocycles. The fourth-order valence-corrected chi connectivity index (χ4v) is 12.9. The predicted molar refractivity (Wildman–Crippen MR) is 226 cm³/mol. The van der Waals surface area contributed by atoms with Crippen molar-refractivity contribution in [2.75, 3.05) is 21.7 Å². The Bertz CT molecular complexity index is 2540. The van der Waals surface area contributed by atoms with Crippen molar-refractivity contribution in [3.63, 3.8) is 0 Å². The summed E-state index contributed by atoms with van der Waals surface area (Å²) < 4.78 is 0. The molecule has 1 fully saturated rings. The molecule has 5 nitrogen and oxygen atoms in total. The van der Waals surface area contributed by atoms with E-state index >= 15 is 0 Å². The zero-order chi connectivity index (χ0) is 37.1. The van der Waals surface area contributed by atoms with Gasteiger partial charge in [0.1, 0.15) is 11.9 Å². The smallest absolute Gasteiger partial charge is 0.162 e. The van der Waals surface area contributed by atoms with Crippen LogP contribution in [0.3, 0.4) is 0 Å². The predicted octanol–water partition coefficient (Wildman–Crippen LogP) is 11.3. The average molecular weight is 718 g/mol. The minimum absolute atomic E-state index is 0.0384. The lowest BCUT2D eigenvalue weighted by molar-refractivity contribution is 0.0590. The summed E-state index contributed by atoms with van der Waals surface area (Å²) in [6.45, 7) is 7.16. The fourth-order valence-electron chi connectivity index (χ4n) is 12.9. The molecule has 6 aromatic rings. The maximum atomic E-state index is 5.48. The standard InChI is InChI=1S/C50H47N5/c1-5-48-30-31-49(38-23-13-16-26-41(38)55-46-43(53(4)47(49)55)32-51-45(52-46)36-22-12-10-18-33(36)3)50(48,6-2)39-24-14-17-27-42(39)54-40-25-15-11-21-35(40)28-29-37(44(48)54)34-19-8-7-9-20-34/h7-27,29,32,44,47H,5-6,28,30-31H2,1-4H3. The van der Waals surface area contributed by atoms with Gasteiger partial charge in [-0.2, -0.15) is 0 Å². The second-order valence-electron chi connectivity index (χ2n) is 16.5. The van der Waals surface area contributed by atoms with Gasteiger partial charge in [-0.1, -0.05) is 129 Å². The lowest BCUT2D eigenvalue weighted by atomic mass is 9.44. The lowest BCUT2D eigenvalue weighted by Gasteiger charge is -2.64. The van der Waals surface area contributed by atoms with E-state index in [2.05, 4.69) is 182 Å². The van der Waals surface area contributed by atoms with E-state index in [4.69, 9.17) is 9.97 Å². The lowest BCUT2D eigenvalue weighted by Crippen LogP contribution is -2.68. The summed E-state index contributed by atoms with van der Waals surface area (Å²) in [6, 6.07) is 48.0. The number of benzene rings is 5. The van der Waals surface area contributed by atoms with Crippen molar-refractivity contribution in [3.05, 3.63) is 167 Å². The Hall–Kier alpha value is -5.68. The Morgan fingerprint density at radius 1 is 0.673 bits per heavy atom. The third-order valence-electron chi connectivity index (χ3n) is 14.8. The monoisotopic (exact) mass is 717 g/mol. The summed E-state index contributed by atoms with van der Waals surface area (Å²) in [6.07, 6.45) is 9.91. The molecule has 5 heteroatoms. The van der Waals surface area contributed by atoms with Crippen molar-refractivity contribution in [1.82, 2.24) is 9.97 Å². The molecule has 55 heavy (non-hydrogen) atoms. The molecule has 1 saturated carbocycles. The van der Waals surface area contributed by atoms with Crippen LogP contribution in [0.25, 0.3) is 17.0 Å². The molecule has 0 N–H and O–H groups in total. The van der Waals surface area contributed by atoms with Gasteiger partial charge in [0, 0.05) is 45.9 Å². The van der Waals surface area contributed by atoms with Crippen LogP contribution in [0.1, 0.15) is 67.3 Å². The molecule has 5 atom stereocenters. The molecule has 0 amide bonds. The number of allylic oxidation sites excluding steroid dienone is 1.